The lowest BCUT2D eigenvalue weighted by Gasteiger charge is -2.31. The average Bonchev–Trinajstić information content (AvgIpc) is 3.81. The molecular formula is C53H62N3O23S4-3. The molecule has 0 saturated carbocycles. The molecule has 30 heteroatoms. The molecular weight excluding hydrogens is 1170 g/mol. The highest BCUT2D eigenvalue weighted by Gasteiger charge is 2.47. The van der Waals surface area contributed by atoms with E-state index in [0.29, 0.717) is 70.9 Å². The zero-order valence-corrected chi connectivity index (χ0v) is 49.2. The lowest BCUT2D eigenvalue weighted by atomic mass is 9.76. The Bertz CT molecular complexity index is 3700. The number of hydrogen-bond donors (Lipinski definition) is 0. The maximum absolute atomic E-state index is 12.8. The fraction of sp³-hybridized carbons (Fsp3) is 0.472. The second-order valence-electron chi connectivity index (χ2n) is 19.9. The molecule has 4 aromatic carbocycles. The monoisotopic (exact) mass is 1240 g/mol. The van der Waals surface area contributed by atoms with E-state index in [4.69, 9.17) is 38.0 Å². The minimum atomic E-state index is -5.38. The number of amides is 2. The summed E-state index contributed by atoms with van der Waals surface area (Å²) in [7, 11) is -18.4. The van der Waals surface area contributed by atoms with Crippen LogP contribution in [0.2, 0.25) is 0 Å². The molecule has 1 saturated heterocycles. The van der Waals surface area contributed by atoms with Crippen LogP contribution in [0.25, 0.3) is 21.5 Å². The maximum atomic E-state index is 12.8. The van der Waals surface area contributed by atoms with Crippen LogP contribution >= 0.6 is 0 Å². The van der Waals surface area contributed by atoms with E-state index in [2.05, 4.69) is 0 Å². The van der Waals surface area contributed by atoms with E-state index in [-0.39, 0.29) is 120 Å². The number of hydrogen-bond acceptors (Lipinski definition) is 24. The molecule has 3 heterocycles. The SMILES string of the molecule is COCCOCCOCCOCCC1(C)C(=CC=CC2=[N+](CCOCCOCCC(=O)ON3C(=O)CCC3=O)c3ccc4c(S(=O)(=O)[O-])cc(S(=O)(=O)[O-])cc4c3C2(C)C)N(CCOC)c2ccc3c(S(=O)(=O)[O-])cc(S(=O)(=O)[O-])cc3c21. The van der Waals surface area contributed by atoms with E-state index < -0.39 is 88.7 Å². The number of hydroxylamine groups is 2. The third-order valence-electron chi connectivity index (χ3n) is 14.2. The van der Waals surface area contributed by atoms with Crippen molar-refractivity contribution in [3.05, 3.63) is 83.6 Å². The number of rotatable bonds is 31. The number of carbonyl (C=O) groups is 3. The summed E-state index contributed by atoms with van der Waals surface area (Å²) in [6.45, 7) is 7.24. The van der Waals surface area contributed by atoms with Crippen LogP contribution in [0, 0.1) is 0 Å². The first-order valence-corrected chi connectivity index (χ1v) is 31.5. The van der Waals surface area contributed by atoms with Gasteiger partial charge in [-0.05, 0) is 91.4 Å². The Morgan fingerprint density at radius 2 is 1.10 bits per heavy atom. The van der Waals surface area contributed by atoms with Gasteiger partial charge in [-0.15, -0.1) is 5.06 Å². The van der Waals surface area contributed by atoms with Gasteiger partial charge in [0, 0.05) is 80.1 Å². The molecule has 1 atom stereocenters. The van der Waals surface area contributed by atoms with Crippen LogP contribution in [0.4, 0.5) is 11.4 Å². The van der Waals surface area contributed by atoms with Gasteiger partial charge in [-0.1, -0.05) is 12.1 Å². The molecule has 0 radical (unpaired) electrons. The van der Waals surface area contributed by atoms with Gasteiger partial charge in [-0.25, -0.2) is 38.5 Å². The zero-order chi connectivity index (χ0) is 60.7. The third kappa shape index (κ3) is 14.9. The maximum Gasteiger partial charge on any atom is 0.335 e. The summed E-state index contributed by atoms with van der Waals surface area (Å²) in [4.78, 5) is 38.8. The summed E-state index contributed by atoms with van der Waals surface area (Å²) < 4.78 is 193. The minimum absolute atomic E-state index is 0.00326. The van der Waals surface area contributed by atoms with Gasteiger partial charge in [0.05, 0.1) is 97.5 Å². The normalized spacial score (nSPS) is 18.0. The zero-order valence-electron chi connectivity index (χ0n) is 45.9. The van der Waals surface area contributed by atoms with Crippen molar-refractivity contribution < 1.29 is 109 Å². The summed E-state index contributed by atoms with van der Waals surface area (Å²) >= 11 is 0. The topological polar surface area (TPSA) is 363 Å². The van der Waals surface area contributed by atoms with E-state index in [1.807, 2.05) is 9.48 Å². The fourth-order valence-corrected chi connectivity index (χ4v) is 13.0. The molecule has 83 heavy (non-hydrogen) atoms. The Kier molecular flexibility index (Phi) is 20.9. The number of anilines is 1. The largest absolute Gasteiger partial charge is 0.744 e. The minimum Gasteiger partial charge on any atom is -0.744 e. The summed E-state index contributed by atoms with van der Waals surface area (Å²) in [5.41, 5.74) is 0.147. The predicted octanol–water partition coefficient (Wildman–Crippen LogP) is 2.97. The van der Waals surface area contributed by atoms with Crippen LogP contribution in [0.5, 0.6) is 0 Å². The molecule has 1 fully saturated rings. The molecule has 26 nitrogen and oxygen atoms in total. The van der Waals surface area contributed by atoms with Crippen molar-refractivity contribution in [3.63, 3.8) is 0 Å². The van der Waals surface area contributed by atoms with E-state index in [9.17, 15) is 66.3 Å². The van der Waals surface area contributed by atoms with Gasteiger partial charge in [0.2, 0.25) is 5.69 Å². The number of nitrogens with zero attached hydrogens (tertiary/aromatic N) is 3. The average molecular weight is 1240 g/mol. The highest BCUT2D eigenvalue weighted by molar-refractivity contribution is 7.87. The molecule has 4 aromatic rings. The number of methoxy groups -OCH3 is 2. The van der Waals surface area contributed by atoms with Crippen molar-refractivity contribution in [2.24, 2.45) is 0 Å². The van der Waals surface area contributed by atoms with E-state index in [0.717, 1.165) is 12.1 Å². The van der Waals surface area contributed by atoms with Crippen molar-refractivity contribution in [1.82, 2.24) is 5.06 Å². The van der Waals surface area contributed by atoms with Crippen LogP contribution in [-0.4, -0.2) is 192 Å². The van der Waals surface area contributed by atoms with Crippen LogP contribution < -0.4 is 4.90 Å². The van der Waals surface area contributed by atoms with Crippen LogP contribution in [-0.2, 0) is 104 Å². The van der Waals surface area contributed by atoms with Gasteiger partial charge in [-0.3, -0.25) is 9.59 Å². The lowest BCUT2D eigenvalue weighted by molar-refractivity contribution is -0.442. The first-order chi connectivity index (χ1) is 39.0. The molecule has 0 aromatic heterocycles. The fourth-order valence-electron chi connectivity index (χ4n) is 10.4. The van der Waals surface area contributed by atoms with Crippen LogP contribution in [0.1, 0.15) is 57.6 Å². The number of ether oxygens (including phenoxy) is 7. The van der Waals surface area contributed by atoms with Crippen molar-refractivity contribution in [2.45, 2.75) is 76.9 Å². The highest BCUT2D eigenvalue weighted by Crippen LogP contribution is 2.54. The summed E-state index contributed by atoms with van der Waals surface area (Å²) in [5, 5.41) is 0.107. The van der Waals surface area contributed by atoms with Gasteiger partial charge in [0.1, 0.15) is 47.1 Å². The summed E-state index contributed by atoms with van der Waals surface area (Å²) in [5.74, 6) is -2.12. The molecule has 1 unspecified atom stereocenters. The standard InChI is InChI=1S/C53H65N3O23S4/c1-52(2)45(54(18-22-76-27-25-74-19-15-49(59)79-56-47(57)13-14-48(56)58)41-11-9-37-39(50(41)52)31-35(80(60,61)62)33-43(37)82(66,67)68)7-6-8-46-53(3,16-20-75-26-28-78-30-29-77-24-23-73-5)51-40-32-36(81(63,64)65)34-44(83(69,70)71)38(40)10-12-42(51)55(46)17-21-72-4/h6-12,31-34H,13-30H2,1-5H3,(H3-,60,61,62,63,64,65,66,67,68,69,70,71)/p-3. The molecule has 3 aliphatic rings. The molecule has 3 aliphatic heterocycles. The number of benzene rings is 4. The van der Waals surface area contributed by atoms with Gasteiger partial charge < -0.3 is 61.1 Å². The van der Waals surface area contributed by atoms with Crippen LogP contribution in [0.15, 0.2) is 92.0 Å². The first-order valence-electron chi connectivity index (χ1n) is 25.9. The Morgan fingerprint density at radius 3 is 1.63 bits per heavy atom. The molecule has 0 bridgehead atoms. The van der Waals surface area contributed by atoms with Gasteiger partial charge in [0.15, 0.2) is 12.3 Å². The van der Waals surface area contributed by atoms with E-state index >= 15 is 0 Å². The third-order valence-corrected chi connectivity index (χ3v) is 17.6. The predicted molar refractivity (Wildman–Crippen MR) is 289 cm³/mol. The van der Waals surface area contributed by atoms with Crippen molar-refractivity contribution in [3.8, 4) is 0 Å². The Morgan fingerprint density at radius 1 is 0.602 bits per heavy atom. The molecule has 0 spiro atoms. The van der Waals surface area contributed by atoms with Crippen molar-refractivity contribution >= 4 is 96.9 Å². The van der Waals surface area contributed by atoms with Gasteiger partial charge in [0.25, 0.3) is 11.8 Å². The van der Waals surface area contributed by atoms with Gasteiger partial charge in [-0.2, -0.15) is 4.58 Å². The Labute approximate surface area is 480 Å². The highest BCUT2D eigenvalue weighted by atomic mass is 32.2. The second-order valence-corrected chi connectivity index (χ2v) is 25.4. The van der Waals surface area contributed by atoms with Gasteiger partial charge >= 0.3 is 5.97 Å². The number of fused-ring (bicyclic) bond motifs is 6. The Hall–Kier alpha value is -5.68. The number of carbonyl (C=O) groups excluding carboxylic acids is 3. The Balaban J connectivity index is 1.28. The van der Waals surface area contributed by atoms with Crippen LogP contribution in [0.3, 0.4) is 0 Å². The number of allylic oxidation sites excluding steroid dienone is 4. The number of imide groups is 1. The van der Waals surface area contributed by atoms with Crippen molar-refractivity contribution in [2.75, 3.05) is 111 Å². The van der Waals surface area contributed by atoms with E-state index in [1.54, 1.807) is 58.2 Å². The smallest absolute Gasteiger partial charge is 0.335 e. The molecule has 2 amide bonds. The lowest BCUT2D eigenvalue weighted by Crippen LogP contribution is -2.32. The quantitative estimate of drug-likeness (QED) is 0.0302. The molecule has 7 rings (SSSR count). The summed E-state index contributed by atoms with van der Waals surface area (Å²) in [6.07, 6.45) is 4.86. The molecule has 454 valence electrons. The molecule has 0 aliphatic carbocycles. The first kappa shape index (κ1) is 64.9. The van der Waals surface area contributed by atoms with Crippen molar-refractivity contribution in [1.29, 1.82) is 0 Å². The summed E-state index contributed by atoms with van der Waals surface area (Å²) in [6, 6.07) is 8.92. The molecule has 0 N–H and O–H groups in total. The second kappa shape index (κ2) is 26.7. The van der Waals surface area contributed by atoms with E-state index in [1.165, 1.54) is 19.2 Å².